The molecule has 7 heteroatoms. The first-order chi connectivity index (χ1) is 9.52. The van der Waals surface area contributed by atoms with Crippen molar-refractivity contribution in [3.05, 3.63) is 33.1 Å². The fourth-order valence-corrected chi connectivity index (χ4v) is 2.78. The summed E-state index contributed by atoms with van der Waals surface area (Å²) in [5.74, 6) is -0.668. The molecule has 0 bridgehead atoms. The zero-order valence-corrected chi connectivity index (χ0v) is 11.6. The highest BCUT2D eigenvalue weighted by atomic mass is 35.5. The van der Waals surface area contributed by atoms with Crippen LogP contribution >= 0.6 is 11.6 Å². The van der Waals surface area contributed by atoms with Crippen LogP contribution in [0.15, 0.2) is 12.1 Å². The Morgan fingerprint density at radius 2 is 2.15 bits per heavy atom. The third-order valence-electron chi connectivity index (χ3n) is 3.72. The van der Waals surface area contributed by atoms with E-state index < -0.39 is 10.7 Å². The molecular formula is C13H16ClFN2O3. The summed E-state index contributed by atoms with van der Waals surface area (Å²) in [6.07, 6.45) is 3.67. The Balaban J connectivity index is 2.27. The molecule has 0 aromatic heterocycles. The Kier molecular flexibility index (Phi) is 4.77. The molecule has 0 radical (unpaired) electrons. The maximum Gasteiger partial charge on any atom is 0.294 e. The second-order valence-electron chi connectivity index (χ2n) is 5.02. The quantitative estimate of drug-likeness (QED) is 0.660. The Morgan fingerprint density at radius 1 is 1.45 bits per heavy atom. The lowest BCUT2D eigenvalue weighted by Gasteiger charge is -2.31. The molecule has 110 valence electrons. The van der Waals surface area contributed by atoms with Crippen molar-refractivity contribution in [2.24, 2.45) is 5.92 Å². The molecule has 0 amide bonds. The number of hydrogen-bond acceptors (Lipinski definition) is 4. The third kappa shape index (κ3) is 3.19. The predicted molar refractivity (Wildman–Crippen MR) is 74.5 cm³/mol. The number of hydrogen-bond donors (Lipinski definition) is 2. The lowest BCUT2D eigenvalue weighted by atomic mass is 9.85. The van der Waals surface area contributed by atoms with Crippen LogP contribution in [0.1, 0.15) is 25.7 Å². The summed E-state index contributed by atoms with van der Waals surface area (Å²) in [7, 11) is 0. The summed E-state index contributed by atoms with van der Waals surface area (Å²) in [6, 6.07) is 1.97. The normalized spacial score (nSPS) is 22.6. The molecule has 0 saturated heterocycles. The maximum atomic E-state index is 13.5. The second-order valence-corrected chi connectivity index (χ2v) is 5.43. The fraction of sp³-hybridized carbons (Fsp3) is 0.538. The highest BCUT2D eigenvalue weighted by molar-refractivity contribution is 6.31. The number of aliphatic hydroxyl groups is 1. The van der Waals surface area contributed by atoms with Crippen LogP contribution < -0.4 is 5.32 Å². The monoisotopic (exact) mass is 302 g/mol. The van der Waals surface area contributed by atoms with Crippen LogP contribution in [0, 0.1) is 21.8 Å². The summed E-state index contributed by atoms with van der Waals surface area (Å²) < 4.78 is 13.5. The molecule has 0 heterocycles. The van der Waals surface area contributed by atoms with Crippen LogP contribution in [0.3, 0.4) is 0 Å². The van der Waals surface area contributed by atoms with E-state index in [1.807, 2.05) is 0 Å². The van der Waals surface area contributed by atoms with E-state index in [-0.39, 0.29) is 35.0 Å². The second kappa shape index (κ2) is 6.37. The number of benzene rings is 1. The first-order valence-electron chi connectivity index (χ1n) is 6.53. The SMILES string of the molecule is O=[N+]([O-])c1cc(Cl)c(F)cc1NC1CCCCC1CO. The van der Waals surface area contributed by atoms with Gasteiger partial charge in [0.25, 0.3) is 5.69 Å². The van der Waals surface area contributed by atoms with Crippen molar-refractivity contribution in [3.8, 4) is 0 Å². The minimum absolute atomic E-state index is 0.0154. The van der Waals surface area contributed by atoms with E-state index in [1.54, 1.807) is 0 Å². The molecule has 1 aromatic carbocycles. The van der Waals surface area contributed by atoms with E-state index >= 15 is 0 Å². The Bertz CT molecular complexity index is 513. The minimum Gasteiger partial charge on any atom is -0.396 e. The topological polar surface area (TPSA) is 75.4 Å². The molecule has 1 fully saturated rings. The number of aliphatic hydroxyl groups excluding tert-OH is 1. The van der Waals surface area contributed by atoms with Gasteiger partial charge >= 0.3 is 0 Å². The minimum atomic E-state index is -0.698. The first-order valence-corrected chi connectivity index (χ1v) is 6.91. The van der Waals surface area contributed by atoms with Crippen LogP contribution in [0.25, 0.3) is 0 Å². The molecule has 1 aliphatic carbocycles. The molecule has 2 rings (SSSR count). The summed E-state index contributed by atoms with van der Waals surface area (Å²) in [6.45, 7) is 0.0154. The Hall–Kier alpha value is -1.40. The fourth-order valence-electron chi connectivity index (χ4n) is 2.62. The molecule has 5 nitrogen and oxygen atoms in total. The van der Waals surface area contributed by atoms with Crippen molar-refractivity contribution in [2.45, 2.75) is 31.7 Å². The number of nitrogens with zero attached hydrogens (tertiary/aromatic N) is 1. The molecule has 1 aliphatic rings. The molecule has 0 spiro atoms. The van der Waals surface area contributed by atoms with Gasteiger partial charge in [0.15, 0.2) is 0 Å². The number of rotatable bonds is 4. The third-order valence-corrected chi connectivity index (χ3v) is 4.01. The standard InChI is InChI=1S/C13H16ClFN2O3/c14-9-5-13(17(19)20)12(6-10(9)15)16-11-4-2-1-3-8(11)7-18/h5-6,8,11,16,18H,1-4,7H2. The molecule has 20 heavy (non-hydrogen) atoms. The number of nitrogens with one attached hydrogen (secondary N) is 1. The van der Waals surface area contributed by atoms with E-state index in [0.717, 1.165) is 37.8 Å². The van der Waals surface area contributed by atoms with Crippen molar-refractivity contribution in [2.75, 3.05) is 11.9 Å². The van der Waals surface area contributed by atoms with Gasteiger partial charge in [-0.2, -0.15) is 0 Å². The lowest BCUT2D eigenvalue weighted by molar-refractivity contribution is -0.384. The van der Waals surface area contributed by atoms with Crippen molar-refractivity contribution >= 4 is 23.0 Å². The first kappa shape index (κ1) is 15.0. The predicted octanol–water partition coefficient (Wildman–Crippen LogP) is 3.35. The van der Waals surface area contributed by atoms with Gasteiger partial charge in [0, 0.05) is 30.7 Å². The van der Waals surface area contributed by atoms with Gasteiger partial charge in [0.05, 0.1) is 9.95 Å². The molecule has 2 atom stereocenters. The zero-order valence-electron chi connectivity index (χ0n) is 10.8. The van der Waals surface area contributed by atoms with Gasteiger partial charge in [-0.1, -0.05) is 24.4 Å². The van der Waals surface area contributed by atoms with Gasteiger partial charge < -0.3 is 10.4 Å². The summed E-state index contributed by atoms with van der Waals surface area (Å²) in [5, 5.41) is 23.1. The van der Waals surface area contributed by atoms with Gasteiger partial charge in [-0.05, 0) is 12.8 Å². The summed E-state index contributed by atoms with van der Waals surface area (Å²) >= 11 is 5.58. The summed E-state index contributed by atoms with van der Waals surface area (Å²) in [5.41, 5.74) is -0.138. The van der Waals surface area contributed by atoms with Crippen LogP contribution in [-0.2, 0) is 0 Å². The van der Waals surface area contributed by atoms with Crippen LogP contribution in [0.5, 0.6) is 0 Å². The molecule has 0 aliphatic heterocycles. The van der Waals surface area contributed by atoms with Gasteiger partial charge in [0.2, 0.25) is 0 Å². The number of nitro benzene ring substituents is 1. The van der Waals surface area contributed by atoms with Crippen molar-refractivity contribution in [1.29, 1.82) is 0 Å². The number of nitro groups is 1. The Morgan fingerprint density at radius 3 is 2.80 bits per heavy atom. The van der Waals surface area contributed by atoms with Crippen LogP contribution in [0.4, 0.5) is 15.8 Å². The molecule has 1 aromatic rings. The van der Waals surface area contributed by atoms with Gasteiger partial charge in [-0.15, -0.1) is 0 Å². The van der Waals surface area contributed by atoms with Gasteiger partial charge in [-0.3, -0.25) is 10.1 Å². The molecule has 1 saturated carbocycles. The number of halogens is 2. The van der Waals surface area contributed by atoms with Crippen LogP contribution in [-0.4, -0.2) is 22.7 Å². The van der Waals surface area contributed by atoms with E-state index in [2.05, 4.69) is 5.32 Å². The number of anilines is 1. The highest BCUT2D eigenvalue weighted by Crippen LogP contribution is 2.34. The van der Waals surface area contributed by atoms with E-state index in [0.29, 0.717) is 0 Å². The average molecular weight is 303 g/mol. The van der Waals surface area contributed by atoms with E-state index in [9.17, 15) is 19.6 Å². The highest BCUT2D eigenvalue weighted by Gasteiger charge is 2.27. The van der Waals surface area contributed by atoms with E-state index in [1.165, 1.54) is 0 Å². The molecule has 2 N–H and O–H groups in total. The van der Waals surface area contributed by atoms with Crippen molar-refractivity contribution in [1.82, 2.24) is 0 Å². The summed E-state index contributed by atoms with van der Waals surface area (Å²) in [4.78, 5) is 10.4. The molecular weight excluding hydrogens is 287 g/mol. The maximum absolute atomic E-state index is 13.5. The average Bonchev–Trinajstić information content (AvgIpc) is 2.43. The largest absolute Gasteiger partial charge is 0.396 e. The Labute approximate surface area is 120 Å². The van der Waals surface area contributed by atoms with Crippen molar-refractivity contribution < 1.29 is 14.4 Å². The van der Waals surface area contributed by atoms with Gasteiger partial charge in [-0.25, -0.2) is 4.39 Å². The van der Waals surface area contributed by atoms with Crippen molar-refractivity contribution in [3.63, 3.8) is 0 Å². The smallest absolute Gasteiger partial charge is 0.294 e. The van der Waals surface area contributed by atoms with E-state index in [4.69, 9.17) is 11.6 Å². The van der Waals surface area contributed by atoms with Crippen LogP contribution in [0.2, 0.25) is 5.02 Å². The van der Waals surface area contributed by atoms with Gasteiger partial charge in [0.1, 0.15) is 11.5 Å². The molecule has 2 unspecified atom stereocenters. The zero-order chi connectivity index (χ0) is 14.7. The lowest BCUT2D eigenvalue weighted by Crippen LogP contribution is -2.34.